The molecule has 1 atom stereocenters. The summed E-state index contributed by atoms with van der Waals surface area (Å²) in [6, 6.07) is 7.80. The molecule has 0 spiro atoms. The van der Waals surface area contributed by atoms with Crippen LogP contribution in [0.25, 0.3) is 0 Å². The van der Waals surface area contributed by atoms with E-state index in [1.54, 1.807) is 51.1 Å². The van der Waals surface area contributed by atoms with E-state index in [1.165, 1.54) is 9.96 Å². The Bertz CT molecular complexity index is 597. The van der Waals surface area contributed by atoms with Crippen LogP contribution in [-0.4, -0.2) is 59.6 Å². The zero-order valence-corrected chi connectivity index (χ0v) is 14.1. The fourth-order valence-electron chi connectivity index (χ4n) is 2.24. The van der Waals surface area contributed by atoms with Gasteiger partial charge in [-0.3, -0.25) is 0 Å². The monoisotopic (exact) mass is 334 g/mol. The zero-order valence-electron chi connectivity index (χ0n) is 14.1. The smallest absolute Gasteiger partial charge is 0.410 e. The van der Waals surface area contributed by atoms with E-state index in [4.69, 9.17) is 9.57 Å². The van der Waals surface area contributed by atoms with Crippen molar-refractivity contribution >= 4 is 18.3 Å². The van der Waals surface area contributed by atoms with Crippen LogP contribution in [0.4, 0.5) is 4.79 Å². The molecule has 1 fully saturated rings. The van der Waals surface area contributed by atoms with Crippen molar-refractivity contribution in [2.75, 3.05) is 19.6 Å². The summed E-state index contributed by atoms with van der Waals surface area (Å²) in [6.07, 6.45) is 0.179. The third kappa shape index (κ3) is 4.79. The summed E-state index contributed by atoms with van der Waals surface area (Å²) >= 11 is 0. The predicted octanol–water partition coefficient (Wildman–Crippen LogP) is 1.88. The SMILES string of the molecule is CC(C)(C)OC(=O)N1CCN(OC(=O)c2ccccc2)[C@H](C=O)C1. The molecule has 0 N–H and O–H groups in total. The van der Waals surface area contributed by atoms with Crippen LogP contribution in [0.5, 0.6) is 0 Å². The Balaban J connectivity index is 1.97. The van der Waals surface area contributed by atoms with Gasteiger partial charge in [0.2, 0.25) is 0 Å². The number of ether oxygens (including phenoxy) is 1. The topological polar surface area (TPSA) is 76.2 Å². The summed E-state index contributed by atoms with van der Waals surface area (Å²) in [5.74, 6) is -0.534. The molecule has 1 aliphatic heterocycles. The quantitative estimate of drug-likeness (QED) is 0.786. The third-order valence-electron chi connectivity index (χ3n) is 3.39. The highest BCUT2D eigenvalue weighted by Gasteiger charge is 2.34. The Kier molecular flexibility index (Phi) is 5.56. The van der Waals surface area contributed by atoms with Gasteiger partial charge in [0, 0.05) is 13.1 Å². The van der Waals surface area contributed by atoms with Crippen molar-refractivity contribution in [1.82, 2.24) is 9.96 Å². The van der Waals surface area contributed by atoms with Gasteiger partial charge in [-0.25, -0.2) is 9.59 Å². The van der Waals surface area contributed by atoms with E-state index in [-0.39, 0.29) is 13.1 Å². The van der Waals surface area contributed by atoms with Gasteiger partial charge in [0.15, 0.2) is 0 Å². The molecule has 0 saturated carbocycles. The van der Waals surface area contributed by atoms with E-state index in [1.807, 2.05) is 0 Å². The molecule has 1 aliphatic rings. The molecule has 0 aliphatic carbocycles. The molecule has 0 radical (unpaired) electrons. The number of nitrogens with zero attached hydrogens (tertiary/aromatic N) is 2. The van der Waals surface area contributed by atoms with Crippen molar-refractivity contribution in [2.45, 2.75) is 32.4 Å². The first kappa shape index (κ1) is 17.9. The summed E-state index contributed by atoms with van der Waals surface area (Å²) in [5.41, 5.74) is -0.207. The third-order valence-corrected chi connectivity index (χ3v) is 3.39. The second-order valence-electron chi connectivity index (χ2n) is 6.52. The molecule has 1 heterocycles. The summed E-state index contributed by atoms with van der Waals surface area (Å²) in [6.45, 7) is 5.99. The highest BCUT2D eigenvalue weighted by Crippen LogP contribution is 2.15. The van der Waals surface area contributed by atoms with Gasteiger partial charge in [-0.15, -0.1) is 5.06 Å². The number of amides is 1. The van der Waals surface area contributed by atoms with E-state index in [0.29, 0.717) is 18.4 Å². The molecule has 24 heavy (non-hydrogen) atoms. The van der Waals surface area contributed by atoms with E-state index >= 15 is 0 Å². The van der Waals surface area contributed by atoms with Crippen LogP contribution >= 0.6 is 0 Å². The molecule has 7 nitrogen and oxygen atoms in total. The molecule has 2 rings (SSSR count). The predicted molar refractivity (Wildman–Crippen MR) is 86.2 cm³/mol. The summed E-state index contributed by atoms with van der Waals surface area (Å²) in [7, 11) is 0. The van der Waals surface area contributed by atoms with Crippen molar-refractivity contribution in [3.8, 4) is 0 Å². The number of benzene rings is 1. The lowest BCUT2D eigenvalue weighted by Crippen LogP contribution is -2.56. The summed E-state index contributed by atoms with van der Waals surface area (Å²) in [5, 5.41) is 1.31. The molecular formula is C17H22N2O5. The lowest BCUT2D eigenvalue weighted by molar-refractivity contribution is -0.163. The van der Waals surface area contributed by atoms with Crippen molar-refractivity contribution in [1.29, 1.82) is 0 Å². The number of hydrogen-bond acceptors (Lipinski definition) is 6. The van der Waals surface area contributed by atoms with E-state index in [9.17, 15) is 14.4 Å². The van der Waals surface area contributed by atoms with Crippen molar-refractivity contribution in [2.24, 2.45) is 0 Å². The van der Waals surface area contributed by atoms with E-state index < -0.39 is 23.7 Å². The van der Waals surface area contributed by atoms with Gasteiger partial charge in [-0.05, 0) is 32.9 Å². The first-order valence-corrected chi connectivity index (χ1v) is 7.77. The Morgan fingerprint density at radius 3 is 2.42 bits per heavy atom. The van der Waals surface area contributed by atoms with Crippen LogP contribution < -0.4 is 0 Å². The van der Waals surface area contributed by atoms with Gasteiger partial charge >= 0.3 is 12.1 Å². The maximum atomic E-state index is 12.1. The Labute approximate surface area is 141 Å². The second kappa shape index (κ2) is 7.44. The van der Waals surface area contributed by atoms with Gasteiger partial charge in [-0.1, -0.05) is 18.2 Å². The van der Waals surface area contributed by atoms with Crippen LogP contribution in [0.2, 0.25) is 0 Å². The summed E-state index contributed by atoms with van der Waals surface area (Å²) in [4.78, 5) is 42.2. The lowest BCUT2D eigenvalue weighted by atomic mass is 10.2. The molecule has 1 aromatic carbocycles. The highest BCUT2D eigenvalue weighted by molar-refractivity contribution is 5.89. The summed E-state index contributed by atoms with van der Waals surface area (Å²) < 4.78 is 5.30. The second-order valence-corrected chi connectivity index (χ2v) is 6.52. The van der Waals surface area contributed by atoms with Crippen molar-refractivity contribution in [3.05, 3.63) is 35.9 Å². The van der Waals surface area contributed by atoms with Crippen LogP contribution in [0.15, 0.2) is 30.3 Å². The van der Waals surface area contributed by atoms with Gasteiger partial charge in [0.05, 0.1) is 12.1 Å². The normalized spacial score (nSPS) is 18.8. The molecule has 0 aromatic heterocycles. The minimum atomic E-state index is -0.723. The maximum absolute atomic E-state index is 12.1. The molecular weight excluding hydrogens is 312 g/mol. The molecule has 1 aromatic rings. The Hall–Kier alpha value is -2.41. The largest absolute Gasteiger partial charge is 0.444 e. The first-order valence-electron chi connectivity index (χ1n) is 7.77. The number of carbonyl (C=O) groups excluding carboxylic acids is 3. The van der Waals surface area contributed by atoms with Crippen LogP contribution in [0.3, 0.4) is 0 Å². The number of hydroxylamine groups is 2. The van der Waals surface area contributed by atoms with Crippen LogP contribution in [-0.2, 0) is 14.4 Å². The molecule has 7 heteroatoms. The van der Waals surface area contributed by atoms with Crippen molar-refractivity contribution in [3.63, 3.8) is 0 Å². The molecule has 1 saturated heterocycles. The van der Waals surface area contributed by atoms with Gasteiger partial charge in [-0.2, -0.15) is 0 Å². The van der Waals surface area contributed by atoms with Gasteiger partial charge in [0.1, 0.15) is 17.9 Å². The molecule has 0 unspecified atom stereocenters. The fourth-order valence-corrected chi connectivity index (χ4v) is 2.24. The van der Waals surface area contributed by atoms with Crippen LogP contribution in [0, 0.1) is 0 Å². The Morgan fingerprint density at radius 2 is 1.83 bits per heavy atom. The van der Waals surface area contributed by atoms with Crippen LogP contribution in [0.1, 0.15) is 31.1 Å². The molecule has 0 bridgehead atoms. The number of hydrogen-bond donors (Lipinski definition) is 0. The molecule has 1 amide bonds. The number of carbonyl (C=O) groups is 3. The van der Waals surface area contributed by atoms with E-state index in [0.717, 1.165) is 0 Å². The minimum Gasteiger partial charge on any atom is -0.444 e. The maximum Gasteiger partial charge on any atom is 0.410 e. The lowest BCUT2D eigenvalue weighted by Gasteiger charge is -2.37. The zero-order chi connectivity index (χ0) is 17.7. The van der Waals surface area contributed by atoms with E-state index in [2.05, 4.69) is 0 Å². The standard InChI is InChI=1S/C17H22N2O5/c1-17(2,3)23-16(22)18-9-10-19(14(11-18)12-20)24-15(21)13-7-5-4-6-8-13/h4-8,12,14H,9-11H2,1-3H3/t14-/m0/s1. The fraction of sp³-hybridized carbons (Fsp3) is 0.471. The average molecular weight is 334 g/mol. The van der Waals surface area contributed by atoms with Crippen molar-refractivity contribution < 1.29 is 24.0 Å². The Morgan fingerprint density at radius 1 is 1.17 bits per heavy atom. The van der Waals surface area contributed by atoms with Gasteiger partial charge in [0.25, 0.3) is 0 Å². The number of piperazine rings is 1. The highest BCUT2D eigenvalue weighted by atomic mass is 16.7. The minimum absolute atomic E-state index is 0.112. The molecule has 130 valence electrons. The average Bonchev–Trinajstić information content (AvgIpc) is 2.54. The van der Waals surface area contributed by atoms with Gasteiger partial charge < -0.3 is 19.3 Å². The number of aldehydes is 1. The first-order chi connectivity index (χ1) is 11.3. The number of rotatable bonds is 3.